The van der Waals surface area contributed by atoms with Crippen molar-refractivity contribution in [1.29, 1.82) is 0 Å². The number of hydrogen-bond donors (Lipinski definition) is 3. The molecule has 0 aliphatic heterocycles. The minimum absolute atomic E-state index is 0.000390. The first-order valence-corrected chi connectivity index (χ1v) is 5.61. The van der Waals surface area contributed by atoms with Crippen molar-refractivity contribution in [3.8, 4) is 11.5 Å². The highest BCUT2D eigenvalue weighted by Crippen LogP contribution is 2.24. The summed E-state index contributed by atoms with van der Waals surface area (Å²) in [5, 5.41) is 21.4. The summed E-state index contributed by atoms with van der Waals surface area (Å²) in [6, 6.07) is 9.71. The predicted molar refractivity (Wildman–Crippen MR) is 68.5 cm³/mol. The molecule has 19 heavy (non-hydrogen) atoms. The van der Waals surface area contributed by atoms with Crippen LogP contribution in [0.5, 0.6) is 11.5 Å². The fraction of sp³-hybridized carbons (Fsp3) is 0.0714. The summed E-state index contributed by atoms with van der Waals surface area (Å²) < 4.78 is 13.0. The average molecular weight is 261 g/mol. The summed E-state index contributed by atoms with van der Waals surface area (Å²) in [6.07, 6.45) is -0.0668. The monoisotopic (exact) mass is 261 g/mol. The van der Waals surface area contributed by atoms with Crippen molar-refractivity contribution in [3.05, 3.63) is 53.8 Å². The number of hydrogen-bond acceptors (Lipinski definition) is 3. The Kier molecular flexibility index (Phi) is 3.66. The van der Waals surface area contributed by atoms with Crippen LogP contribution in [0.3, 0.4) is 0 Å². The van der Waals surface area contributed by atoms with Crippen LogP contribution in [0.2, 0.25) is 0 Å². The molecule has 0 fully saturated rings. The number of anilines is 1. The van der Waals surface area contributed by atoms with Gasteiger partial charge in [0.15, 0.2) is 0 Å². The molecule has 0 aliphatic carbocycles. The molecule has 0 saturated heterocycles. The van der Waals surface area contributed by atoms with Gasteiger partial charge in [0.1, 0.15) is 17.3 Å². The van der Waals surface area contributed by atoms with E-state index >= 15 is 0 Å². The molecule has 2 aromatic carbocycles. The lowest BCUT2D eigenvalue weighted by atomic mass is 10.1. The maximum atomic E-state index is 13.0. The van der Waals surface area contributed by atoms with Gasteiger partial charge in [-0.15, -0.1) is 0 Å². The minimum Gasteiger partial charge on any atom is -0.508 e. The van der Waals surface area contributed by atoms with Gasteiger partial charge in [-0.2, -0.15) is 0 Å². The Balaban J connectivity index is 2.10. The van der Waals surface area contributed by atoms with E-state index in [-0.39, 0.29) is 23.6 Å². The van der Waals surface area contributed by atoms with Crippen molar-refractivity contribution in [2.75, 3.05) is 5.32 Å². The SMILES string of the molecule is O=C(Cc1ccccc1O)Nc1cc(F)ccc1O. The summed E-state index contributed by atoms with van der Waals surface area (Å²) in [5.74, 6) is -1.22. The standard InChI is InChI=1S/C14H12FNO3/c15-10-5-6-13(18)11(8-10)16-14(19)7-9-3-1-2-4-12(9)17/h1-6,8,17-18H,7H2,(H,16,19). The molecule has 1 amide bonds. The fourth-order valence-electron chi connectivity index (χ4n) is 1.64. The lowest BCUT2D eigenvalue weighted by Crippen LogP contribution is -2.14. The predicted octanol–water partition coefficient (Wildman–Crippen LogP) is 2.42. The number of nitrogens with one attached hydrogen (secondary N) is 1. The molecule has 0 aromatic heterocycles. The second-order valence-electron chi connectivity index (χ2n) is 4.02. The number of benzene rings is 2. The molecule has 2 aromatic rings. The van der Waals surface area contributed by atoms with Crippen LogP contribution in [0.1, 0.15) is 5.56 Å². The van der Waals surface area contributed by atoms with Crippen molar-refractivity contribution in [2.45, 2.75) is 6.42 Å². The van der Waals surface area contributed by atoms with Gasteiger partial charge in [0.05, 0.1) is 12.1 Å². The van der Waals surface area contributed by atoms with Crippen molar-refractivity contribution in [1.82, 2.24) is 0 Å². The second-order valence-corrected chi connectivity index (χ2v) is 4.02. The zero-order valence-corrected chi connectivity index (χ0v) is 9.93. The van der Waals surface area contributed by atoms with E-state index in [2.05, 4.69) is 5.32 Å². The largest absolute Gasteiger partial charge is 0.508 e. The Morgan fingerprint density at radius 3 is 2.58 bits per heavy atom. The van der Waals surface area contributed by atoms with Crippen LogP contribution in [0.15, 0.2) is 42.5 Å². The van der Waals surface area contributed by atoms with E-state index in [0.29, 0.717) is 5.56 Å². The molecule has 0 unspecified atom stereocenters. The average Bonchev–Trinajstić information content (AvgIpc) is 2.37. The first kappa shape index (κ1) is 12.9. The third-order valence-electron chi connectivity index (χ3n) is 2.58. The highest BCUT2D eigenvalue weighted by atomic mass is 19.1. The molecule has 0 saturated carbocycles. The van der Waals surface area contributed by atoms with Crippen molar-refractivity contribution in [2.24, 2.45) is 0 Å². The fourth-order valence-corrected chi connectivity index (χ4v) is 1.64. The smallest absolute Gasteiger partial charge is 0.229 e. The van der Waals surface area contributed by atoms with Crippen LogP contribution in [0, 0.1) is 5.82 Å². The van der Waals surface area contributed by atoms with E-state index in [0.717, 1.165) is 18.2 Å². The maximum Gasteiger partial charge on any atom is 0.229 e. The van der Waals surface area contributed by atoms with Crippen LogP contribution in [0.4, 0.5) is 10.1 Å². The Hall–Kier alpha value is -2.56. The maximum absolute atomic E-state index is 13.0. The van der Waals surface area contributed by atoms with Gasteiger partial charge in [-0.05, 0) is 18.2 Å². The first-order chi connectivity index (χ1) is 9.06. The number of phenolic OH excluding ortho intramolecular Hbond substituents is 2. The lowest BCUT2D eigenvalue weighted by molar-refractivity contribution is -0.115. The van der Waals surface area contributed by atoms with E-state index in [1.807, 2.05) is 0 Å². The number of carbonyl (C=O) groups is 1. The van der Waals surface area contributed by atoms with E-state index in [9.17, 15) is 19.4 Å². The molecule has 3 N–H and O–H groups in total. The number of rotatable bonds is 3. The summed E-state index contributed by atoms with van der Waals surface area (Å²) in [4.78, 5) is 11.7. The third-order valence-corrected chi connectivity index (χ3v) is 2.58. The number of phenols is 2. The highest BCUT2D eigenvalue weighted by Gasteiger charge is 2.10. The molecular formula is C14H12FNO3. The Morgan fingerprint density at radius 1 is 1.11 bits per heavy atom. The molecule has 0 atom stereocenters. The summed E-state index contributed by atoms with van der Waals surface area (Å²) >= 11 is 0. The first-order valence-electron chi connectivity index (χ1n) is 5.61. The van der Waals surface area contributed by atoms with Crippen LogP contribution in [-0.4, -0.2) is 16.1 Å². The van der Waals surface area contributed by atoms with Gasteiger partial charge in [0.25, 0.3) is 0 Å². The Morgan fingerprint density at radius 2 is 1.84 bits per heavy atom. The molecule has 5 heteroatoms. The van der Waals surface area contributed by atoms with Crippen LogP contribution < -0.4 is 5.32 Å². The zero-order chi connectivity index (χ0) is 13.8. The second kappa shape index (κ2) is 5.39. The van der Waals surface area contributed by atoms with E-state index in [1.165, 1.54) is 6.07 Å². The molecule has 0 bridgehead atoms. The van der Waals surface area contributed by atoms with Crippen LogP contribution in [-0.2, 0) is 11.2 Å². The molecule has 2 rings (SSSR count). The summed E-state index contributed by atoms with van der Waals surface area (Å²) in [7, 11) is 0. The third kappa shape index (κ3) is 3.22. The van der Waals surface area contributed by atoms with Gasteiger partial charge in [-0.25, -0.2) is 4.39 Å². The topological polar surface area (TPSA) is 69.6 Å². The van der Waals surface area contributed by atoms with Crippen molar-refractivity contribution < 1.29 is 19.4 Å². The molecule has 0 spiro atoms. The summed E-state index contributed by atoms with van der Waals surface area (Å²) in [5.41, 5.74) is 0.455. The van der Waals surface area contributed by atoms with Crippen molar-refractivity contribution in [3.63, 3.8) is 0 Å². The molecule has 4 nitrogen and oxygen atoms in total. The molecule has 0 radical (unpaired) electrons. The Bertz CT molecular complexity index is 613. The van der Waals surface area contributed by atoms with Gasteiger partial charge < -0.3 is 15.5 Å². The number of aromatic hydroxyl groups is 2. The zero-order valence-electron chi connectivity index (χ0n) is 9.93. The highest BCUT2D eigenvalue weighted by molar-refractivity contribution is 5.93. The van der Waals surface area contributed by atoms with E-state index in [4.69, 9.17) is 0 Å². The summed E-state index contributed by atoms with van der Waals surface area (Å²) in [6.45, 7) is 0. The number of carbonyl (C=O) groups excluding carboxylic acids is 1. The number of halogens is 1. The number of para-hydroxylation sites is 1. The normalized spacial score (nSPS) is 10.2. The van der Waals surface area contributed by atoms with Crippen LogP contribution >= 0.6 is 0 Å². The van der Waals surface area contributed by atoms with Crippen molar-refractivity contribution >= 4 is 11.6 Å². The van der Waals surface area contributed by atoms with Gasteiger partial charge in [0, 0.05) is 11.6 Å². The van der Waals surface area contributed by atoms with Gasteiger partial charge >= 0.3 is 0 Å². The van der Waals surface area contributed by atoms with E-state index in [1.54, 1.807) is 18.2 Å². The van der Waals surface area contributed by atoms with Gasteiger partial charge in [-0.3, -0.25) is 4.79 Å². The van der Waals surface area contributed by atoms with Gasteiger partial charge in [0.2, 0.25) is 5.91 Å². The molecular weight excluding hydrogens is 249 g/mol. The lowest BCUT2D eigenvalue weighted by Gasteiger charge is -2.08. The Labute approximate surface area is 109 Å². The van der Waals surface area contributed by atoms with Crippen LogP contribution in [0.25, 0.3) is 0 Å². The number of amides is 1. The van der Waals surface area contributed by atoms with E-state index < -0.39 is 11.7 Å². The quantitative estimate of drug-likeness (QED) is 0.743. The minimum atomic E-state index is -0.560. The molecule has 98 valence electrons. The van der Waals surface area contributed by atoms with Gasteiger partial charge in [-0.1, -0.05) is 18.2 Å². The molecule has 0 heterocycles. The molecule has 0 aliphatic rings.